The molecule has 182 valence electrons. The van der Waals surface area contributed by atoms with Crippen LogP contribution in [-0.4, -0.2) is 60.9 Å². The lowest BCUT2D eigenvalue weighted by atomic mass is 9.84. The van der Waals surface area contributed by atoms with Gasteiger partial charge < -0.3 is 15.1 Å². The molecule has 2 atom stereocenters. The Bertz CT molecular complexity index is 1070. The van der Waals surface area contributed by atoms with Crippen LogP contribution >= 0.6 is 47.2 Å². The van der Waals surface area contributed by atoms with Gasteiger partial charge in [0.15, 0.2) is 0 Å². The molecule has 0 aromatic heterocycles. The summed E-state index contributed by atoms with van der Waals surface area (Å²) in [4.78, 5) is 30.1. The Kier molecular flexibility index (Phi) is 9.30. The molecular formula is C25H27Cl4N3O2. The number of benzene rings is 2. The molecule has 0 radical (unpaired) electrons. The van der Waals surface area contributed by atoms with Gasteiger partial charge in [0.25, 0.3) is 5.91 Å². The van der Waals surface area contributed by atoms with E-state index in [1.165, 1.54) is 0 Å². The van der Waals surface area contributed by atoms with Gasteiger partial charge in [-0.15, -0.1) is 12.4 Å². The maximum Gasteiger partial charge on any atom is 0.253 e. The monoisotopic (exact) mass is 541 g/mol. The van der Waals surface area contributed by atoms with Crippen LogP contribution in [0.15, 0.2) is 54.1 Å². The van der Waals surface area contributed by atoms with E-state index < -0.39 is 0 Å². The SMILES string of the molecule is CN(C(=O)c1ccc(Cl)cc1)[C@@H]1CCN(C(=O)C2=CCNCC2)C[C@H]1c1ccc(Cl)c(Cl)c1.Cl. The predicted octanol–water partition coefficient (Wildman–Crippen LogP) is 5.45. The largest absolute Gasteiger partial charge is 0.338 e. The Balaban J connectivity index is 0.00000324. The fourth-order valence-electron chi connectivity index (χ4n) is 4.62. The van der Waals surface area contributed by atoms with Gasteiger partial charge in [0, 0.05) is 54.8 Å². The molecule has 0 unspecified atom stereocenters. The van der Waals surface area contributed by atoms with Crippen molar-refractivity contribution in [1.29, 1.82) is 0 Å². The van der Waals surface area contributed by atoms with Crippen molar-refractivity contribution < 1.29 is 9.59 Å². The Labute approximate surface area is 221 Å². The molecule has 0 aliphatic carbocycles. The summed E-state index contributed by atoms with van der Waals surface area (Å²) < 4.78 is 0. The number of piperidine rings is 1. The van der Waals surface area contributed by atoms with Gasteiger partial charge in [-0.3, -0.25) is 9.59 Å². The number of likely N-dealkylation sites (tertiary alicyclic amines) is 1. The fourth-order valence-corrected chi connectivity index (χ4v) is 5.06. The van der Waals surface area contributed by atoms with E-state index in [0.717, 1.165) is 24.1 Å². The third kappa shape index (κ3) is 5.89. The number of nitrogens with one attached hydrogen (secondary N) is 1. The van der Waals surface area contributed by atoms with E-state index in [-0.39, 0.29) is 36.2 Å². The van der Waals surface area contributed by atoms with E-state index in [1.807, 2.05) is 30.2 Å². The highest BCUT2D eigenvalue weighted by atomic mass is 35.5. The Morgan fingerprint density at radius 3 is 2.44 bits per heavy atom. The number of carbonyl (C=O) groups is 2. The molecule has 2 amide bonds. The van der Waals surface area contributed by atoms with Gasteiger partial charge in [-0.25, -0.2) is 0 Å². The second kappa shape index (κ2) is 11.8. The summed E-state index contributed by atoms with van der Waals surface area (Å²) in [6.45, 7) is 2.61. The average Bonchev–Trinajstić information content (AvgIpc) is 2.85. The number of carbonyl (C=O) groups excluding carboxylic acids is 2. The molecular weight excluding hydrogens is 516 g/mol. The second-order valence-corrected chi connectivity index (χ2v) is 9.74. The lowest BCUT2D eigenvalue weighted by molar-refractivity contribution is -0.129. The maximum absolute atomic E-state index is 13.3. The van der Waals surface area contributed by atoms with Gasteiger partial charge >= 0.3 is 0 Å². The van der Waals surface area contributed by atoms with Crippen molar-refractivity contribution >= 4 is 59.0 Å². The van der Waals surface area contributed by atoms with E-state index in [9.17, 15) is 9.59 Å². The molecule has 1 N–H and O–H groups in total. The summed E-state index contributed by atoms with van der Waals surface area (Å²) in [7, 11) is 1.82. The smallest absolute Gasteiger partial charge is 0.253 e. The predicted molar refractivity (Wildman–Crippen MR) is 141 cm³/mol. The van der Waals surface area contributed by atoms with Crippen LogP contribution in [0.4, 0.5) is 0 Å². The molecule has 34 heavy (non-hydrogen) atoms. The van der Waals surface area contributed by atoms with Crippen LogP contribution in [-0.2, 0) is 4.79 Å². The molecule has 2 aromatic carbocycles. The number of nitrogens with zero attached hydrogens (tertiary/aromatic N) is 2. The third-order valence-corrected chi connectivity index (χ3v) is 7.47. The first kappa shape index (κ1) is 26.8. The summed E-state index contributed by atoms with van der Waals surface area (Å²) >= 11 is 18.5. The molecule has 9 heteroatoms. The van der Waals surface area contributed by atoms with E-state index in [1.54, 1.807) is 35.2 Å². The van der Waals surface area contributed by atoms with Gasteiger partial charge in [0.05, 0.1) is 10.0 Å². The quantitative estimate of drug-likeness (QED) is 0.559. The van der Waals surface area contributed by atoms with E-state index in [0.29, 0.717) is 46.7 Å². The van der Waals surface area contributed by atoms with Gasteiger partial charge in [-0.05, 0) is 61.3 Å². The van der Waals surface area contributed by atoms with Crippen LogP contribution in [0, 0.1) is 0 Å². The summed E-state index contributed by atoms with van der Waals surface area (Å²) in [6, 6.07) is 12.4. The normalized spacial score (nSPS) is 20.2. The van der Waals surface area contributed by atoms with Gasteiger partial charge in [-0.2, -0.15) is 0 Å². The minimum Gasteiger partial charge on any atom is -0.338 e. The highest BCUT2D eigenvalue weighted by molar-refractivity contribution is 6.42. The van der Waals surface area contributed by atoms with Gasteiger partial charge in [0.2, 0.25) is 5.91 Å². The minimum atomic E-state index is -0.100. The molecule has 2 aliphatic rings. The number of halogens is 4. The Hall–Kier alpha value is -1.76. The van der Waals surface area contributed by atoms with Crippen LogP contribution in [0.1, 0.15) is 34.7 Å². The summed E-state index contributed by atoms with van der Waals surface area (Å²) in [5.74, 6) is -0.102. The number of hydrogen-bond donors (Lipinski definition) is 1. The van der Waals surface area contributed by atoms with Crippen LogP contribution in [0.3, 0.4) is 0 Å². The van der Waals surface area contributed by atoms with E-state index in [2.05, 4.69) is 5.32 Å². The van der Waals surface area contributed by atoms with E-state index in [4.69, 9.17) is 34.8 Å². The lowest BCUT2D eigenvalue weighted by Gasteiger charge is -2.43. The van der Waals surface area contributed by atoms with Crippen LogP contribution in [0.2, 0.25) is 15.1 Å². The van der Waals surface area contributed by atoms with Gasteiger partial charge in [0.1, 0.15) is 0 Å². The third-order valence-electron chi connectivity index (χ3n) is 6.48. The molecule has 0 saturated carbocycles. The molecule has 0 spiro atoms. The molecule has 1 fully saturated rings. The zero-order valence-electron chi connectivity index (χ0n) is 18.8. The van der Waals surface area contributed by atoms with Crippen molar-refractivity contribution in [3.8, 4) is 0 Å². The topological polar surface area (TPSA) is 52.7 Å². The first-order chi connectivity index (χ1) is 15.8. The van der Waals surface area contributed by atoms with Crippen molar-refractivity contribution in [2.24, 2.45) is 0 Å². The van der Waals surface area contributed by atoms with E-state index >= 15 is 0 Å². The highest BCUT2D eigenvalue weighted by Gasteiger charge is 2.37. The number of hydrogen-bond acceptors (Lipinski definition) is 3. The molecule has 2 heterocycles. The zero-order chi connectivity index (χ0) is 23.5. The van der Waals surface area contributed by atoms with Crippen molar-refractivity contribution in [2.75, 3.05) is 33.2 Å². The molecule has 2 aliphatic heterocycles. The van der Waals surface area contributed by atoms with Crippen LogP contribution < -0.4 is 5.32 Å². The fraction of sp³-hybridized carbons (Fsp3) is 0.360. The van der Waals surface area contributed by atoms with Crippen LogP contribution in [0.25, 0.3) is 0 Å². The highest BCUT2D eigenvalue weighted by Crippen LogP contribution is 2.35. The van der Waals surface area contributed by atoms with Gasteiger partial charge in [-0.1, -0.05) is 46.9 Å². The molecule has 2 aromatic rings. The minimum absolute atomic E-state index is 0. The number of rotatable bonds is 4. The van der Waals surface area contributed by atoms with Crippen molar-refractivity contribution in [3.63, 3.8) is 0 Å². The first-order valence-corrected chi connectivity index (χ1v) is 12.1. The van der Waals surface area contributed by atoms with Crippen molar-refractivity contribution in [1.82, 2.24) is 15.1 Å². The van der Waals surface area contributed by atoms with Crippen molar-refractivity contribution in [2.45, 2.75) is 24.8 Å². The average molecular weight is 543 g/mol. The Morgan fingerprint density at radius 2 is 1.79 bits per heavy atom. The molecule has 1 saturated heterocycles. The Morgan fingerprint density at radius 1 is 1.06 bits per heavy atom. The second-order valence-electron chi connectivity index (χ2n) is 8.49. The summed E-state index contributed by atoms with van der Waals surface area (Å²) in [5, 5.41) is 4.77. The number of amides is 2. The standard InChI is InChI=1S/C25H26Cl3N3O2.ClH/c1-30(24(32)16-2-5-19(26)6-3-16)23-10-13-31(25(33)17-8-11-29-12-9-17)15-20(23)18-4-7-21(27)22(28)14-18;/h2-8,14,20,23,29H,9-13,15H2,1H3;1H/t20-,23+;/m0./s1. The molecule has 0 bridgehead atoms. The number of likely N-dealkylation sites (N-methyl/N-ethyl adjacent to an activating group) is 1. The summed E-state index contributed by atoms with van der Waals surface area (Å²) in [6.07, 6.45) is 3.37. The van der Waals surface area contributed by atoms with Crippen LogP contribution in [0.5, 0.6) is 0 Å². The maximum atomic E-state index is 13.3. The molecule has 5 nitrogen and oxygen atoms in total. The van der Waals surface area contributed by atoms with Crippen molar-refractivity contribution in [3.05, 3.63) is 80.3 Å². The lowest BCUT2D eigenvalue weighted by Crippen LogP contribution is -2.52. The zero-order valence-corrected chi connectivity index (χ0v) is 21.9. The molecule has 4 rings (SSSR count). The summed E-state index contributed by atoms with van der Waals surface area (Å²) in [5.41, 5.74) is 2.39. The first-order valence-electron chi connectivity index (χ1n) is 11.0.